The Morgan fingerprint density at radius 1 is 1.39 bits per heavy atom. The lowest BCUT2D eigenvalue weighted by Crippen LogP contribution is -2.55. The lowest BCUT2D eigenvalue weighted by atomic mass is 9.81. The second-order valence-electron chi connectivity index (χ2n) is 5.28. The van der Waals surface area contributed by atoms with E-state index in [9.17, 15) is 4.79 Å². The number of hydrogen-bond donors (Lipinski definition) is 0. The number of rotatable bonds is 2. The summed E-state index contributed by atoms with van der Waals surface area (Å²) < 4.78 is 5.58. The van der Waals surface area contributed by atoms with Crippen molar-refractivity contribution >= 4 is 5.78 Å². The third kappa shape index (κ3) is 2.06. The van der Waals surface area contributed by atoms with Crippen LogP contribution < -0.4 is 0 Å². The molecule has 4 nitrogen and oxygen atoms in total. The molecule has 0 amide bonds. The van der Waals surface area contributed by atoms with Crippen molar-refractivity contribution < 1.29 is 9.53 Å². The van der Waals surface area contributed by atoms with Crippen LogP contribution in [0.4, 0.5) is 0 Å². The fourth-order valence-electron chi connectivity index (χ4n) is 3.05. The van der Waals surface area contributed by atoms with E-state index in [1.807, 2.05) is 12.1 Å². The highest BCUT2D eigenvalue weighted by Gasteiger charge is 2.39. The third-order valence-electron chi connectivity index (χ3n) is 4.20. The molecule has 0 aliphatic carbocycles. The summed E-state index contributed by atoms with van der Waals surface area (Å²) in [6.07, 6.45) is 5.18. The van der Waals surface area contributed by atoms with Crippen LogP contribution in [0.3, 0.4) is 0 Å². The summed E-state index contributed by atoms with van der Waals surface area (Å²) in [4.78, 5) is 18.8. The summed E-state index contributed by atoms with van der Waals surface area (Å²) in [6.45, 7) is 1.51. The molecule has 2 aliphatic heterocycles. The van der Waals surface area contributed by atoms with E-state index in [1.54, 1.807) is 12.4 Å². The molecule has 2 atom stereocenters. The first-order valence-electron chi connectivity index (χ1n) is 6.49. The Morgan fingerprint density at radius 3 is 2.72 bits per heavy atom. The monoisotopic (exact) mass is 246 g/mol. The number of nitrogens with zero attached hydrogens (tertiary/aromatic N) is 2. The normalized spacial score (nSPS) is 32.2. The first-order chi connectivity index (χ1) is 8.75. The topological polar surface area (TPSA) is 42.4 Å². The van der Waals surface area contributed by atoms with E-state index >= 15 is 0 Å². The Hall–Kier alpha value is -1.26. The van der Waals surface area contributed by atoms with Gasteiger partial charge in [0.2, 0.25) is 0 Å². The molecule has 0 saturated carbocycles. The van der Waals surface area contributed by atoms with Crippen LogP contribution in [0.5, 0.6) is 0 Å². The summed E-state index contributed by atoms with van der Waals surface area (Å²) in [5.74, 6) is 0.373. The van der Waals surface area contributed by atoms with Crippen molar-refractivity contribution in [3.63, 3.8) is 0 Å². The van der Waals surface area contributed by atoms with Gasteiger partial charge in [0.1, 0.15) is 0 Å². The maximum atomic E-state index is 12.4. The molecule has 2 bridgehead atoms. The average molecular weight is 246 g/mol. The number of ether oxygens (including phenoxy) is 1. The number of likely N-dealkylation sites (N-methyl/N-ethyl adjacent to an activating group) is 1. The fourth-order valence-corrected chi connectivity index (χ4v) is 3.05. The van der Waals surface area contributed by atoms with E-state index in [-0.39, 0.29) is 11.7 Å². The minimum Gasteiger partial charge on any atom is -0.378 e. The predicted molar refractivity (Wildman–Crippen MR) is 67.4 cm³/mol. The number of ketones is 1. The molecule has 0 N–H and O–H groups in total. The molecule has 2 aliphatic rings. The Kier molecular flexibility index (Phi) is 3.14. The quantitative estimate of drug-likeness (QED) is 0.739. The fraction of sp³-hybridized carbons (Fsp3) is 0.571. The van der Waals surface area contributed by atoms with Gasteiger partial charge in [-0.1, -0.05) is 0 Å². The number of Topliss-reactive ketones (excluding diaryl/α,β-unsaturated/α-hetero) is 1. The zero-order chi connectivity index (χ0) is 12.5. The van der Waals surface area contributed by atoms with Gasteiger partial charge < -0.3 is 4.74 Å². The van der Waals surface area contributed by atoms with E-state index in [2.05, 4.69) is 16.9 Å². The molecule has 2 unspecified atom stereocenters. The average Bonchev–Trinajstić information content (AvgIpc) is 2.38. The van der Waals surface area contributed by atoms with Gasteiger partial charge >= 0.3 is 0 Å². The van der Waals surface area contributed by atoms with Crippen molar-refractivity contribution in [1.29, 1.82) is 0 Å². The smallest absolute Gasteiger partial charge is 0.167 e. The van der Waals surface area contributed by atoms with Crippen molar-refractivity contribution in [2.24, 2.45) is 5.92 Å². The SMILES string of the molecule is CN1C2COCC1CC(C(=O)c1cccnc1)C2. The van der Waals surface area contributed by atoms with Crippen LogP contribution in [-0.4, -0.2) is 48.0 Å². The van der Waals surface area contributed by atoms with Gasteiger partial charge in [-0.2, -0.15) is 0 Å². The van der Waals surface area contributed by atoms with Gasteiger partial charge in [-0.3, -0.25) is 14.7 Å². The van der Waals surface area contributed by atoms with Crippen LogP contribution in [0, 0.1) is 5.92 Å². The molecule has 3 rings (SSSR count). The van der Waals surface area contributed by atoms with Gasteiger partial charge in [-0.25, -0.2) is 0 Å². The molecule has 96 valence electrons. The van der Waals surface area contributed by atoms with Crippen molar-refractivity contribution in [3.05, 3.63) is 30.1 Å². The lowest BCUT2D eigenvalue weighted by Gasteiger charge is -2.46. The minimum atomic E-state index is 0.129. The van der Waals surface area contributed by atoms with E-state index in [4.69, 9.17) is 4.74 Å². The van der Waals surface area contributed by atoms with Gasteiger partial charge in [0, 0.05) is 36.0 Å². The molecule has 1 aromatic heterocycles. The number of piperidine rings is 1. The largest absolute Gasteiger partial charge is 0.378 e. The predicted octanol–water partition coefficient (Wildman–Crippen LogP) is 1.37. The number of carbonyl (C=O) groups excluding carboxylic acids is 1. The van der Waals surface area contributed by atoms with Crippen LogP contribution in [0.1, 0.15) is 23.2 Å². The van der Waals surface area contributed by atoms with E-state index < -0.39 is 0 Å². The molecule has 2 saturated heterocycles. The summed E-state index contributed by atoms with van der Waals surface area (Å²) >= 11 is 0. The molecular formula is C14H18N2O2. The van der Waals surface area contributed by atoms with E-state index in [1.165, 1.54) is 0 Å². The van der Waals surface area contributed by atoms with E-state index in [0.717, 1.165) is 31.6 Å². The highest BCUT2D eigenvalue weighted by Crippen LogP contribution is 2.32. The minimum absolute atomic E-state index is 0.129. The standard InChI is InChI=1S/C14H18N2O2/c1-16-12-5-11(6-13(16)9-18-8-12)14(17)10-3-2-4-15-7-10/h2-4,7,11-13H,5-6,8-9H2,1H3. The van der Waals surface area contributed by atoms with Crippen molar-refractivity contribution in [3.8, 4) is 0 Å². The second-order valence-corrected chi connectivity index (χ2v) is 5.28. The Morgan fingerprint density at radius 2 is 2.11 bits per heavy atom. The lowest BCUT2D eigenvalue weighted by molar-refractivity contribution is -0.0702. The summed E-state index contributed by atoms with van der Waals surface area (Å²) in [5, 5.41) is 0. The van der Waals surface area contributed by atoms with Crippen molar-refractivity contribution in [1.82, 2.24) is 9.88 Å². The number of hydrogen-bond acceptors (Lipinski definition) is 4. The molecular weight excluding hydrogens is 228 g/mol. The number of morpholine rings is 1. The Labute approximate surface area is 107 Å². The molecule has 3 heterocycles. The van der Waals surface area contributed by atoms with Gasteiger partial charge in [-0.05, 0) is 32.0 Å². The van der Waals surface area contributed by atoms with Crippen molar-refractivity contribution in [2.75, 3.05) is 20.3 Å². The van der Waals surface area contributed by atoms with Crippen molar-refractivity contribution in [2.45, 2.75) is 24.9 Å². The second kappa shape index (κ2) is 4.78. The maximum Gasteiger partial charge on any atom is 0.167 e. The van der Waals surface area contributed by atoms with E-state index in [0.29, 0.717) is 12.1 Å². The first-order valence-corrected chi connectivity index (χ1v) is 6.49. The zero-order valence-corrected chi connectivity index (χ0v) is 10.6. The highest BCUT2D eigenvalue weighted by molar-refractivity contribution is 5.97. The number of pyridine rings is 1. The third-order valence-corrected chi connectivity index (χ3v) is 4.20. The molecule has 18 heavy (non-hydrogen) atoms. The van der Waals surface area contributed by atoms with Crippen LogP contribution in [-0.2, 0) is 4.74 Å². The first kappa shape index (κ1) is 11.8. The van der Waals surface area contributed by atoms with Crippen LogP contribution >= 0.6 is 0 Å². The molecule has 0 radical (unpaired) electrons. The number of fused-ring (bicyclic) bond motifs is 2. The summed E-state index contributed by atoms with van der Waals surface area (Å²) in [5.41, 5.74) is 0.742. The summed E-state index contributed by atoms with van der Waals surface area (Å²) in [6, 6.07) is 4.47. The van der Waals surface area contributed by atoms with Gasteiger partial charge in [0.05, 0.1) is 13.2 Å². The molecule has 0 spiro atoms. The molecule has 0 aromatic carbocycles. The van der Waals surface area contributed by atoms with Gasteiger partial charge in [0.25, 0.3) is 0 Å². The van der Waals surface area contributed by atoms with Crippen LogP contribution in [0.15, 0.2) is 24.5 Å². The van der Waals surface area contributed by atoms with Crippen LogP contribution in [0.2, 0.25) is 0 Å². The zero-order valence-electron chi connectivity index (χ0n) is 10.6. The highest BCUT2D eigenvalue weighted by atomic mass is 16.5. The molecule has 2 fully saturated rings. The molecule has 1 aromatic rings. The number of aromatic nitrogens is 1. The van der Waals surface area contributed by atoms with Gasteiger partial charge in [-0.15, -0.1) is 0 Å². The Balaban J connectivity index is 1.76. The number of carbonyl (C=O) groups is 1. The molecule has 4 heteroatoms. The Bertz CT molecular complexity index is 421. The maximum absolute atomic E-state index is 12.4. The van der Waals surface area contributed by atoms with Gasteiger partial charge in [0.15, 0.2) is 5.78 Å². The van der Waals surface area contributed by atoms with Crippen LogP contribution in [0.25, 0.3) is 0 Å². The summed E-state index contributed by atoms with van der Waals surface area (Å²) in [7, 11) is 2.14.